The van der Waals surface area contributed by atoms with Gasteiger partial charge in [-0.15, -0.1) is 0 Å². The molecule has 3 rings (SSSR count). The summed E-state index contributed by atoms with van der Waals surface area (Å²) in [5.41, 5.74) is 0.469. The molecule has 0 unspecified atom stereocenters. The molecule has 1 aromatic carbocycles. The van der Waals surface area contributed by atoms with Crippen molar-refractivity contribution < 1.29 is 23.8 Å². The van der Waals surface area contributed by atoms with Gasteiger partial charge in [0.1, 0.15) is 11.9 Å². The molecule has 0 atom stereocenters. The van der Waals surface area contributed by atoms with Gasteiger partial charge in [-0.3, -0.25) is 4.57 Å². The second-order valence-corrected chi connectivity index (χ2v) is 8.74. The number of hydrogen-bond acceptors (Lipinski definition) is 6. The number of ether oxygens (including phenoxy) is 2. The highest BCUT2D eigenvalue weighted by atomic mass is 31.2. The molecule has 0 amide bonds. The van der Waals surface area contributed by atoms with Crippen LogP contribution in [0.15, 0.2) is 18.3 Å². The molecule has 1 fully saturated rings. The molecule has 1 saturated heterocycles. The van der Waals surface area contributed by atoms with Crippen molar-refractivity contribution in [2.45, 2.75) is 19.3 Å². The largest absolute Gasteiger partial charge is 0.493 e. The molecule has 2 aromatic rings. The minimum absolute atomic E-state index is 0.0628. The van der Waals surface area contributed by atoms with Crippen molar-refractivity contribution in [3.63, 3.8) is 0 Å². The molecule has 2 heterocycles. The van der Waals surface area contributed by atoms with Gasteiger partial charge in [-0.05, 0) is 37.3 Å². The van der Waals surface area contributed by atoms with Gasteiger partial charge in [0.25, 0.3) is 0 Å². The fraction of sp³-hybridized carbons (Fsp3) is 0.474. The number of anilines is 1. The molecule has 0 saturated carbocycles. The molecule has 0 radical (unpaired) electrons. The lowest BCUT2D eigenvalue weighted by molar-refractivity contribution is 0.350. The molecule has 8 nitrogen and oxygen atoms in total. The van der Waals surface area contributed by atoms with E-state index in [1.165, 1.54) is 0 Å². The average Bonchev–Trinajstić information content (AvgIpc) is 2.70. The Morgan fingerprint density at radius 1 is 1.21 bits per heavy atom. The smallest absolute Gasteiger partial charge is 0.325 e. The number of pyridine rings is 1. The first-order chi connectivity index (χ1) is 13.4. The Hall–Kier alpha value is -2.33. The van der Waals surface area contributed by atoms with Crippen LogP contribution in [0.4, 0.5) is 5.82 Å². The van der Waals surface area contributed by atoms with Gasteiger partial charge in [0.2, 0.25) is 0 Å². The zero-order valence-corrected chi connectivity index (χ0v) is 16.9. The average molecular weight is 405 g/mol. The van der Waals surface area contributed by atoms with Gasteiger partial charge in [0.15, 0.2) is 11.5 Å². The molecule has 1 aromatic heterocycles. The van der Waals surface area contributed by atoms with Crippen molar-refractivity contribution in [3.8, 4) is 17.6 Å². The van der Waals surface area contributed by atoms with E-state index >= 15 is 0 Å². The molecule has 150 valence electrons. The quantitative estimate of drug-likeness (QED) is 0.705. The first-order valence-electron chi connectivity index (χ1n) is 9.10. The summed E-state index contributed by atoms with van der Waals surface area (Å²) in [5.74, 6) is 2.20. The SMILES string of the molecule is COc1cc2c(C#N)cnc(N3CCC(CCP(=O)(O)O)CC3)c2cc1OC. The van der Waals surface area contributed by atoms with Gasteiger partial charge < -0.3 is 24.2 Å². The number of aromatic nitrogens is 1. The Kier molecular flexibility index (Phi) is 6.09. The van der Waals surface area contributed by atoms with Crippen LogP contribution in [0.2, 0.25) is 0 Å². The number of fused-ring (bicyclic) bond motifs is 1. The van der Waals surface area contributed by atoms with Crippen molar-refractivity contribution in [3.05, 3.63) is 23.9 Å². The minimum Gasteiger partial charge on any atom is -0.493 e. The Morgan fingerprint density at radius 3 is 2.36 bits per heavy atom. The number of nitrogens with zero attached hydrogens (tertiary/aromatic N) is 3. The number of methoxy groups -OCH3 is 2. The van der Waals surface area contributed by atoms with Crippen LogP contribution in [0.5, 0.6) is 11.5 Å². The summed E-state index contributed by atoms with van der Waals surface area (Å²) in [6, 6.07) is 5.82. The Bertz CT molecular complexity index is 945. The summed E-state index contributed by atoms with van der Waals surface area (Å²) in [4.78, 5) is 24.8. The third kappa shape index (κ3) is 4.39. The van der Waals surface area contributed by atoms with E-state index in [0.29, 0.717) is 29.4 Å². The zero-order chi connectivity index (χ0) is 20.3. The van der Waals surface area contributed by atoms with Crippen LogP contribution in [0, 0.1) is 17.2 Å². The summed E-state index contributed by atoms with van der Waals surface area (Å²) >= 11 is 0. The lowest BCUT2D eigenvalue weighted by atomic mass is 9.94. The standard InChI is InChI=1S/C19H24N3O5P/c1-26-17-9-15-14(11-20)12-21-19(16(15)10-18(17)27-2)22-6-3-13(4-7-22)5-8-28(23,24)25/h9-10,12-13H,3-8H2,1-2H3,(H2,23,24,25). The Morgan fingerprint density at radius 2 is 1.82 bits per heavy atom. The monoisotopic (exact) mass is 405 g/mol. The first-order valence-corrected chi connectivity index (χ1v) is 10.9. The first kappa shape index (κ1) is 20.4. The molecule has 0 aliphatic carbocycles. The fourth-order valence-corrected chi connectivity index (χ4v) is 4.38. The molecular weight excluding hydrogens is 381 g/mol. The lowest BCUT2D eigenvalue weighted by Crippen LogP contribution is -2.34. The predicted octanol–water partition coefficient (Wildman–Crippen LogP) is 2.91. The summed E-state index contributed by atoms with van der Waals surface area (Å²) in [6.07, 6.45) is 3.73. The molecule has 28 heavy (non-hydrogen) atoms. The van der Waals surface area contributed by atoms with Crippen molar-refractivity contribution in [1.82, 2.24) is 4.98 Å². The summed E-state index contributed by atoms with van der Waals surface area (Å²) < 4.78 is 21.9. The minimum atomic E-state index is -3.95. The van der Waals surface area contributed by atoms with Crippen LogP contribution in [0.25, 0.3) is 10.8 Å². The zero-order valence-electron chi connectivity index (χ0n) is 16.0. The highest BCUT2D eigenvalue weighted by Gasteiger charge is 2.25. The normalized spacial score (nSPS) is 15.5. The van der Waals surface area contributed by atoms with E-state index in [1.807, 2.05) is 6.07 Å². The third-order valence-corrected chi connectivity index (χ3v) is 6.07. The molecule has 1 aliphatic rings. The molecular formula is C19H24N3O5P. The van der Waals surface area contributed by atoms with E-state index in [2.05, 4.69) is 16.0 Å². The number of rotatable bonds is 6. The van der Waals surface area contributed by atoms with Crippen LogP contribution in [-0.2, 0) is 4.57 Å². The van der Waals surface area contributed by atoms with Gasteiger partial charge in [0.05, 0.1) is 25.9 Å². The fourth-order valence-electron chi connectivity index (χ4n) is 3.68. The maximum absolute atomic E-state index is 11.1. The van der Waals surface area contributed by atoms with E-state index in [9.17, 15) is 9.83 Å². The van der Waals surface area contributed by atoms with Crippen LogP contribution in [0.1, 0.15) is 24.8 Å². The van der Waals surface area contributed by atoms with Crippen molar-refractivity contribution in [1.29, 1.82) is 5.26 Å². The van der Waals surface area contributed by atoms with Crippen molar-refractivity contribution in [2.24, 2.45) is 5.92 Å². The molecule has 0 bridgehead atoms. The summed E-state index contributed by atoms with van der Waals surface area (Å²) in [6.45, 7) is 1.49. The van der Waals surface area contributed by atoms with Crippen LogP contribution in [0.3, 0.4) is 0 Å². The highest BCUT2D eigenvalue weighted by molar-refractivity contribution is 7.51. The topological polar surface area (TPSA) is 116 Å². The van der Waals surface area contributed by atoms with Crippen molar-refractivity contribution >= 4 is 24.2 Å². The van der Waals surface area contributed by atoms with Crippen molar-refractivity contribution in [2.75, 3.05) is 38.4 Å². The number of benzene rings is 1. The van der Waals surface area contributed by atoms with Gasteiger partial charge in [-0.2, -0.15) is 5.26 Å². The number of piperidine rings is 1. The summed E-state index contributed by atoms with van der Waals surface area (Å²) in [7, 11) is -0.824. The van der Waals surface area contributed by atoms with Gasteiger partial charge in [-0.25, -0.2) is 4.98 Å². The third-order valence-electron chi connectivity index (χ3n) is 5.23. The van der Waals surface area contributed by atoms with Crippen LogP contribution in [-0.4, -0.2) is 48.2 Å². The molecule has 2 N–H and O–H groups in total. The second-order valence-electron chi connectivity index (χ2n) is 6.97. The highest BCUT2D eigenvalue weighted by Crippen LogP contribution is 2.40. The maximum Gasteiger partial charge on any atom is 0.325 e. The Balaban J connectivity index is 1.88. The summed E-state index contributed by atoms with van der Waals surface area (Å²) in [5, 5.41) is 11.0. The second kappa shape index (κ2) is 8.36. The molecule has 1 aliphatic heterocycles. The van der Waals surface area contributed by atoms with Gasteiger partial charge in [-0.1, -0.05) is 0 Å². The van der Waals surface area contributed by atoms with Gasteiger partial charge in [0, 0.05) is 30.1 Å². The van der Waals surface area contributed by atoms with E-state index in [0.717, 1.165) is 42.5 Å². The number of hydrogen-bond donors (Lipinski definition) is 2. The van der Waals surface area contributed by atoms with E-state index in [4.69, 9.17) is 19.3 Å². The van der Waals surface area contributed by atoms with Crippen LogP contribution < -0.4 is 14.4 Å². The molecule has 0 spiro atoms. The van der Waals surface area contributed by atoms with Gasteiger partial charge >= 0.3 is 7.60 Å². The Labute approximate surface area is 163 Å². The molecule has 9 heteroatoms. The lowest BCUT2D eigenvalue weighted by Gasteiger charge is -2.33. The van der Waals surface area contributed by atoms with E-state index in [-0.39, 0.29) is 6.16 Å². The number of nitriles is 1. The predicted molar refractivity (Wildman–Crippen MR) is 106 cm³/mol. The van der Waals surface area contributed by atoms with Crippen LogP contribution >= 0.6 is 7.60 Å². The maximum atomic E-state index is 11.1. The van der Waals surface area contributed by atoms with E-state index < -0.39 is 7.60 Å². The van der Waals surface area contributed by atoms with E-state index in [1.54, 1.807) is 26.5 Å².